The highest BCUT2D eigenvalue weighted by Gasteiger charge is 2.10. The highest BCUT2D eigenvalue weighted by Crippen LogP contribution is 2.14. The molecule has 0 saturated heterocycles. The number of benzene rings is 1. The molecule has 20 heavy (non-hydrogen) atoms. The van der Waals surface area contributed by atoms with Crippen molar-refractivity contribution in [3.63, 3.8) is 0 Å². The molecule has 2 aromatic rings. The van der Waals surface area contributed by atoms with Crippen LogP contribution in [-0.2, 0) is 11.3 Å². The van der Waals surface area contributed by atoms with E-state index in [-0.39, 0.29) is 23.5 Å². The van der Waals surface area contributed by atoms with Crippen LogP contribution in [0.4, 0.5) is 14.6 Å². The van der Waals surface area contributed by atoms with Gasteiger partial charge in [0.1, 0.15) is 11.6 Å². The summed E-state index contributed by atoms with van der Waals surface area (Å²) in [4.78, 5) is 15.0. The summed E-state index contributed by atoms with van der Waals surface area (Å²) in [6.07, 6.45) is 0. The van der Waals surface area contributed by atoms with Gasteiger partial charge in [-0.3, -0.25) is 0 Å². The Morgan fingerprint density at radius 2 is 2.10 bits per heavy atom. The monoisotopic (exact) mass is 278 g/mol. The lowest BCUT2D eigenvalue weighted by Crippen LogP contribution is -2.07. The average Bonchev–Trinajstić information content (AvgIpc) is 2.45. The first-order valence-corrected chi connectivity index (χ1v) is 5.83. The third kappa shape index (κ3) is 3.28. The molecule has 0 unspecified atom stereocenters. The molecule has 0 radical (unpaired) electrons. The fourth-order valence-corrected chi connectivity index (χ4v) is 1.65. The molecule has 0 aliphatic heterocycles. The Labute approximate surface area is 114 Å². The van der Waals surface area contributed by atoms with Crippen molar-refractivity contribution in [3.8, 4) is 0 Å². The van der Waals surface area contributed by atoms with Gasteiger partial charge in [-0.15, -0.1) is 0 Å². The summed E-state index contributed by atoms with van der Waals surface area (Å²) in [6, 6.07) is 8.17. The Hall–Kier alpha value is -2.50. The minimum atomic E-state index is -0.626. The van der Waals surface area contributed by atoms with Crippen LogP contribution in [0.1, 0.15) is 15.9 Å². The van der Waals surface area contributed by atoms with E-state index >= 15 is 0 Å². The van der Waals surface area contributed by atoms with Crippen LogP contribution in [0, 0.1) is 11.8 Å². The molecule has 0 fully saturated rings. The van der Waals surface area contributed by atoms with Gasteiger partial charge in [-0.05, 0) is 30.3 Å². The minimum absolute atomic E-state index is 0.0765. The van der Waals surface area contributed by atoms with Crippen LogP contribution in [0.5, 0.6) is 0 Å². The molecule has 2 rings (SSSR count). The lowest BCUT2D eigenvalue weighted by atomic mass is 10.1. The van der Waals surface area contributed by atoms with Gasteiger partial charge in [0.25, 0.3) is 0 Å². The summed E-state index contributed by atoms with van der Waals surface area (Å²) in [7, 11) is 1.25. The molecule has 0 aliphatic carbocycles. The first-order chi connectivity index (χ1) is 9.60. The van der Waals surface area contributed by atoms with Gasteiger partial charge in [0.05, 0.1) is 12.7 Å². The number of halogens is 2. The Balaban J connectivity index is 2.14. The van der Waals surface area contributed by atoms with Crippen molar-refractivity contribution in [2.75, 3.05) is 12.4 Å². The second kappa shape index (κ2) is 6.10. The van der Waals surface area contributed by atoms with E-state index < -0.39 is 17.7 Å². The second-order valence-corrected chi connectivity index (χ2v) is 4.00. The average molecular weight is 278 g/mol. The smallest absolute Gasteiger partial charge is 0.337 e. The van der Waals surface area contributed by atoms with Crippen molar-refractivity contribution in [1.29, 1.82) is 0 Å². The molecule has 1 N–H and O–H groups in total. The lowest BCUT2D eigenvalue weighted by molar-refractivity contribution is 0.0600. The third-order valence-corrected chi connectivity index (χ3v) is 2.64. The van der Waals surface area contributed by atoms with E-state index in [1.165, 1.54) is 37.4 Å². The number of esters is 1. The van der Waals surface area contributed by atoms with Gasteiger partial charge in [-0.2, -0.15) is 4.39 Å². The van der Waals surface area contributed by atoms with Crippen molar-refractivity contribution in [3.05, 3.63) is 59.3 Å². The topological polar surface area (TPSA) is 51.2 Å². The zero-order valence-corrected chi connectivity index (χ0v) is 10.7. The molecule has 0 spiro atoms. The van der Waals surface area contributed by atoms with Crippen LogP contribution in [0.3, 0.4) is 0 Å². The SMILES string of the molecule is COC(=O)c1ccc(F)c(CNc2cccc(F)n2)c1. The van der Waals surface area contributed by atoms with Crippen molar-refractivity contribution in [2.45, 2.75) is 6.54 Å². The molecule has 0 bridgehead atoms. The van der Waals surface area contributed by atoms with Crippen molar-refractivity contribution in [1.82, 2.24) is 4.98 Å². The van der Waals surface area contributed by atoms with Crippen molar-refractivity contribution >= 4 is 11.8 Å². The number of carbonyl (C=O) groups excluding carboxylic acids is 1. The molecule has 1 heterocycles. The molecule has 4 nitrogen and oxygen atoms in total. The fourth-order valence-electron chi connectivity index (χ4n) is 1.65. The van der Waals surface area contributed by atoms with Gasteiger partial charge < -0.3 is 10.1 Å². The molecule has 0 saturated carbocycles. The van der Waals surface area contributed by atoms with Crippen molar-refractivity contribution < 1.29 is 18.3 Å². The Bertz CT molecular complexity index is 632. The molecule has 104 valence electrons. The molecular weight excluding hydrogens is 266 g/mol. The zero-order valence-electron chi connectivity index (χ0n) is 10.7. The number of methoxy groups -OCH3 is 1. The highest BCUT2D eigenvalue weighted by atomic mass is 19.1. The van der Waals surface area contributed by atoms with Crippen LogP contribution >= 0.6 is 0 Å². The van der Waals surface area contributed by atoms with E-state index in [0.29, 0.717) is 0 Å². The van der Waals surface area contributed by atoms with Gasteiger partial charge >= 0.3 is 5.97 Å². The number of carbonyl (C=O) groups is 1. The van der Waals surface area contributed by atoms with Crippen LogP contribution in [0.2, 0.25) is 0 Å². The number of nitrogens with zero attached hydrogens (tertiary/aromatic N) is 1. The van der Waals surface area contributed by atoms with Crippen molar-refractivity contribution in [2.24, 2.45) is 0 Å². The largest absolute Gasteiger partial charge is 0.465 e. The van der Waals surface area contributed by atoms with Crippen LogP contribution in [-0.4, -0.2) is 18.1 Å². The summed E-state index contributed by atoms with van der Waals surface area (Å²) >= 11 is 0. The first-order valence-electron chi connectivity index (χ1n) is 5.83. The van der Waals surface area contributed by atoms with Gasteiger partial charge in [0.2, 0.25) is 5.95 Å². The molecule has 1 aromatic heterocycles. The summed E-state index contributed by atoms with van der Waals surface area (Å²) in [5.74, 6) is -1.36. The predicted octanol–water partition coefficient (Wildman–Crippen LogP) is 2.76. The van der Waals surface area contributed by atoms with E-state index in [0.717, 1.165) is 0 Å². The number of rotatable bonds is 4. The maximum absolute atomic E-state index is 13.6. The maximum atomic E-state index is 13.6. The Kier molecular flexibility index (Phi) is 4.24. The van der Waals surface area contributed by atoms with E-state index in [2.05, 4.69) is 15.0 Å². The number of aromatic nitrogens is 1. The molecule has 0 atom stereocenters. The molecule has 0 aliphatic rings. The first kappa shape index (κ1) is 13.9. The molecule has 1 aromatic carbocycles. The van der Waals surface area contributed by atoms with E-state index in [4.69, 9.17) is 0 Å². The summed E-state index contributed by atoms with van der Waals surface area (Å²) in [6.45, 7) is 0.0765. The lowest BCUT2D eigenvalue weighted by Gasteiger charge is -2.08. The molecule has 0 amide bonds. The Morgan fingerprint density at radius 1 is 1.30 bits per heavy atom. The summed E-state index contributed by atoms with van der Waals surface area (Å²) in [5.41, 5.74) is 0.511. The maximum Gasteiger partial charge on any atom is 0.337 e. The predicted molar refractivity (Wildman–Crippen MR) is 69.3 cm³/mol. The minimum Gasteiger partial charge on any atom is -0.465 e. The van der Waals surface area contributed by atoms with Gasteiger partial charge in [0, 0.05) is 12.1 Å². The number of anilines is 1. The zero-order chi connectivity index (χ0) is 14.5. The third-order valence-electron chi connectivity index (χ3n) is 2.64. The van der Waals surface area contributed by atoms with E-state index in [9.17, 15) is 13.6 Å². The van der Waals surface area contributed by atoms with Gasteiger partial charge in [-0.1, -0.05) is 6.07 Å². The van der Waals surface area contributed by atoms with E-state index in [1.807, 2.05) is 0 Å². The number of hydrogen-bond acceptors (Lipinski definition) is 4. The normalized spacial score (nSPS) is 10.2. The van der Waals surface area contributed by atoms with Crippen LogP contribution < -0.4 is 5.32 Å². The number of ether oxygens (including phenoxy) is 1. The Morgan fingerprint density at radius 3 is 2.80 bits per heavy atom. The number of nitrogens with one attached hydrogen (secondary N) is 1. The quantitative estimate of drug-likeness (QED) is 0.690. The summed E-state index contributed by atoms with van der Waals surface area (Å²) < 4.78 is 31.1. The van der Waals surface area contributed by atoms with Gasteiger partial charge in [-0.25, -0.2) is 14.2 Å². The second-order valence-electron chi connectivity index (χ2n) is 4.00. The van der Waals surface area contributed by atoms with Crippen LogP contribution in [0.15, 0.2) is 36.4 Å². The highest BCUT2D eigenvalue weighted by molar-refractivity contribution is 5.89. The summed E-state index contributed by atoms with van der Waals surface area (Å²) in [5, 5.41) is 2.78. The van der Waals surface area contributed by atoms with E-state index in [1.54, 1.807) is 6.07 Å². The number of hydrogen-bond donors (Lipinski definition) is 1. The van der Waals surface area contributed by atoms with Crippen LogP contribution in [0.25, 0.3) is 0 Å². The molecule has 6 heteroatoms. The van der Waals surface area contributed by atoms with Gasteiger partial charge in [0.15, 0.2) is 0 Å². The standard InChI is InChI=1S/C14H12F2N2O2/c1-20-14(19)9-5-6-11(15)10(7-9)8-17-13-4-2-3-12(16)18-13/h2-7H,8H2,1H3,(H,17,18). The fraction of sp³-hybridized carbons (Fsp3) is 0.143. The number of pyridine rings is 1. The molecular formula is C14H12F2N2O2.